The van der Waals surface area contributed by atoms with Crippen LogP contribution >= 0.6 is 0 Å². The number of rotatable bonds is 1. The zero-order valence-electron chi connectivity index (χ0n) is 6.77. The highest BCUT2D eigenvalue weighted by atomic mass is 16.6. The van der Waals surface area contributed by atoms with Crippen LogP contribution in [-0.2, 0) is 4.84 Å². The Morgan fingerprint density at radius 3 is 2.30 bits per heavy atom. The number of nitrogens with one attached hydrogen (secondary N) is 1. The van der Waals surface area contributed by atoms with E-state index in [1.807, 2.05) is 20.8 Å². The third-order valence-electron chi connectivity index (χ3n) is 1.11. The molecule has 0 unspecified atom stereocenters. The van der Waals surface area contributed by atoms with E-state index in [2.05, 4.69) is 10.5 Å². The van der Waals surface area contributed by atoms with Gasteiger partial charge in [0.25, 0.3) is 0 Å². The van der Waals surface area contributed by atoms with Crippen LogP contribution in [0.25, 0.3) is 0 Å². The van der Waals surface area contributed by atoms with E-state index in [-0.39, 0.29) is 5.60 Å². The smallest absolute Gasteiger partial charge is 0.129 e. The minimum Gasteiger partial charge on any atom is -0.390 e. The molecule has 0 spiro atoms. The highest BCUT2D eigenvalue weighted by molar-refractivity contribution is 5.92. The summed E-state index contributed by atoms with van der Waals surface area (Å²) in [5, 5.41) is 7.04. The summed E-state index contributed by atoms with van der Waals surface area (Å²) in [6.07, 6.45) is 0. The molecule has 0 aromatic carbocycles. The monoisotopic (exact) mass is 142 g/mol. The first-order valence-corrected chi connectivity index (χ1v) is 3.52. The summed E-state index contributed by atoms with van der Waals surface area (Å²) in [4.78, 5) is 5.18. The summed E-state index contributed by atoms with van der Waals surface area (Å²) in [7, 11) is 0. The molecule has 10 heavy (non-hydrogen) atoms. The van der Waals surface area contributed by atoms with Gasteiger partial charge in [-0.15, -0.1) is 0 Å². The SMILES string of the molecule is CC(C)(C)ON=C1CNC1. The zero-order valence-corrected chi connectivity index (χ0v) is 6.77. The Labute approximate surface area is 61.4 Å². The molecule has 0 bridgehead atoms. The van der Waals surface area contributed by atoms with Crippen molar-refractivity contribution >= 4 is 5.71 Å². The van der Waals surface area contributed by atoms with Crippen LogP contribution in [0.15, 0.2) is 5.16 Å². The third kappa shape index (κ3) is 2.35. The minimum atomic E-state index is -0.150. The van der Waals surface area contributed by atoms with Crippen LogP contribution < -0.4 is 5.32 Å². The average molecular weight is 142 g/mol. The molecule has 1 heterocycles. The fourth-order valence-corrected chi connectivity index (χ4v) is 0.503. The topological polar surface area (TPSA) is 33.6 Å². The molecular weight excluding hydrogens is 128 g/mol. The van der Waals surface area contributed by atoms with E-state index in [0.29, 0.717) is 0 Å². The molecule has 1 aliphatic rings. The Morgan fingerprint density at radius 2 is 2.00 bits per heavy atom. The van der Waals surface area contributed by atoms with Crippen LogP contribution in [0.2, 0.25) is 0 Å². The summed E-state index contributed by atoms with van der Waals surface area (Å²) in [5.74, 6) is 0. The Balaban J connectivity index is 2.26. The molecule has 1 aliphatic heterocycles. The van der Waals surface area contributed by atoms with E-state index in [0.717, 1.165) is 18.8 Å². The van der Waals surface area contributed by atoms with Gasteiger partial charge in [0.15, 0.2) is 0 Å². The lowest BCUT2D eigenvalue weighted by Crippen LogP contribution is -2.43. The quantitative estimate of drug-likeness (QED) is 0.548. The van der Waals surface area contributed by atoms with Crippen molar-refractivity contribution in [2.45, 2.75) is 26.4 Å². The normalized spacial score (nSPS) is 18.1. The largest absolute Gasteiger partial charge is 0.390 e. The van der Waals surface area contributed by atoms with Crippen molar-refractivity contribution in [1.29, 1.82) is 0 Å². The summed E-state index contributed by atoms with van der Waals surface area (Å²) in [6.45, 7) is 7.74. The lowest BCUT2D eigenvalue weighted by atomic mass is 10.2. The molecule has 0 amide bonds. The Kier molecular flexibility index (Phi) is 1.94. The molecule has 0 saturated carbocycles. The van der Waals surface area contributed by atoms with Crippen LogP contribution in [-0.4, -0.2) is 24.4 Å². The van der Waals surface area contributed by atoms with Gasteiger partial charge in [0.05, 0.1) is 5.71 Å². The van der Waals surface area contributed by atoms with Crippen molar-refractivity contribution in [3.8, 4) is 0 Å². The molecule has 0 aromatic heterocycles. The van der Waals surface area contributed by atoms with Crippen molar-refractivity contribution in [2.24, 2.45) is 5.16 Å². The summed E-state index contributed by atoms with van der Waals surface area (Å²) >= 11 is 0. The van der Waals surface area contributed by atoms with Crippen LogP contribution in [0.4, 0.5) is 0 Å². The van der Waals surface area contributed by atoms with E-state index in [4.69, 9.17) is 4.84 Å². The first kappa shape index (κ1) is 7.54. The molecule has 0 aliphatic carbocycles. The minimum absolute atomic E-state index is 0.150. The molecule has 58 valence electrons. The second-order valence-corrected chi connectivity index (χ2v) is 3.46. The van der Waals surface area contributed by atoms with Gasteiger partial charge < -0.3 is 10.2 Å². The van der Waals surface area contributed by atoms with Gasteiger partial charge in [-0.05, 0) is 20.8 Å². The fourth-order valence-electron chi connectivity index (χ4n) is 0.503. The maximum atomic E-state index is 5.18. The summed E-state index contributed by atoms with van der Waals surface area (Å²) < 4.78 is 0. The molecule has 1 N–H and O–H groups in total. The lowest BCUT2D eigenvalue weighted by molar-refractivity contribution is -0.000165. The second kappa shape index (κ2) is 2.58. The molecule has 1 rings (SSSR count). The molecule has 3 heteroatoms. The zero-order chi connectivity index (χ0) is 7.61. The standard InChI is InChI=1S/C7H14N2O/c1-7(2,3)10-9-6-4-8-5-6/h8H,4-5H2,1-3H3. The van der Waals surface area contributed by atoms with E-state index >= 15 is 0 Å². The Bertz CT molecular complexity index is 140. The van der Waals surface area contributed by atoms with Gasteiger partial charge in [0.1, 0.15) is 5.60 Å². The van der Waals surface area contributed by atoms with Crippen molar-refractivity contribution in [3.63, 3.8) is 0 Å². The Morgan fingerprint density at radius 1 is 1.40 bits per heavy atom. The van der Waals surface area contributed by atoms with E-state index in [1.165, 1.54) is 0 Å². The first-order valence-electron chi connectivity index (χ1n) is 3.52. The van der Waals surface area contributed by atoms with Gasteiger partial charge in [-0.3, -0.25) is 0 Å². The second-order valence-electron chi connectivity index (χ2n) is 3.46. The lowest BCUT2D eigenvalue weighted by Gasteiger charge is -2.20. The van der Waals surface area contributed by atoms with Crippen molar-refractivity contribution in [1.82, 2.24) is 5.32 Å². The maximum absolute atomic E-state index is 5.18. The highest BCUT2D eigenvalue weighted by Crippen LogP contribution is 2.07. The van der Waals surface area contributed by atoms with Crippen LogP contribution in [0.3, 0.4) is 0 Å². The third-order valence-corrected chi connectivity index (χ3v) is 1.11. The highest BCUT2D eigenvalue weighted by Gasteiger charge is 2.14. The molecule has 1 fully saturated rings. The molecule has 0 radical (unpaired) electrons. The Hall–Kier alpha value is -0.570. The van der Waals surface area contributed by atoms with E-state index in [1.54, 1.807) is 0 Å². The van der Waals surface area contributed by atoms with Gasteiger partial charge in [0, 0.05) is 13.1 Å². The average Bonchev–Trinajstić information content (AvgIpc) is 1.56. The number of hydrogen-bond acceptors (Lipinski definition) is 3. The van der Waals surface area contributed by atoms with Gasteiger partial charge in [-0.1, -0.05) is 5.16 Å². The molecular formula is C7H14N2O. The molecule has 0 atom stereocenters. The molecule has 3 nitrogen and oxygen atoms in total. The summed E-state index contributed by atoms with van der Waals surface area (Å²) in [5.41, 5.74) is 0.956. The molecule has 1 saturated heterocycles. The van der Waals surface area contributed by atoms with Gasteiger partial charge in [-0.25, -0.2) is 0 Å². The predicted molar refractivity (Wildman–Crippen MR) is 41.1 cm³/mol. The fraction of sp³-hybridized carbons (Fsp3) is 0.857. The van der Waals surface area contributed by atoms with E-state index < -0.39 is 0 Å². The van der Waals surface area contributed by atoms with E-state index in [9.17, 15) is 0 Å². The van der Waals surface area contributed by atoms with Gasteiger partial charge in [0.2, 0.25) is 0 Å². The van der Waals surface area contributed by atoms with Crippen LogP contribution in [0.1, 0.15) is 20.8 Å². The maximum Gasteiger partial charge on any atom is 0.129 e. The number of nitrogens with zero attached hydrogens (tertiary/aromatic N) is 1. The first-order chi connectivity index (χ1) is 4.58. The van der Waals surface area contributed by atoms with Crippen LogP contribution in [0, 0.1) is 0 Å². The summed E-state index contributed by atoms with van der Waals surface area (Å²) in [6, 6.07) is 0. The van der Waals surface area contributed by atoms with Crippen molar-refractivity contribution < 1.29 is 4.84 Å². The molecule has 0 aromatic rings. The predicted octanol–water partition coefficient (Wildman–Crippen LogP) is 0.761. The van der Waals surface area contributed by atoms with Crippen LogP contribution in [0.5, 0.6) is 0 Å². The van der Waals surface area contributed by atoms with Gasteiger partial charge >= 0.3 is 0 Å². The van der Waals surface area contributed by atoms with Crippen molar-refractivity contribution in [3.05, 3.63) is 0 Å². The van der Waals surface area contributed by atoms with Gasteiger partial charge in [-0.2, -0.15) is 0 Å². The number of hydrogen-bond donors (Lipinski definition) is 1. The number of oxime groups is 1. The van der Waals surface area contributed by atoms with Crippen molar-refractivity contribution in [2.75, 3.05) is 13.1 Å².